The van der Waals surface area contributed by atoms with E-state index >= 15 is 0 Å². The quantitative estimate of drug-likeness (QED) is 0.645. The van der Waals surface area contributed by atoms with E-state index in [1.807, 2.05) is 0 Å². The monoisotopic (exact) mass is 263 g/mol. The van der Waals surface area contributed by atoms with Gasteiger partial charge in [0.15, 0.2) is 0 Å². The van der Waals surface area contributed by atoms with Crippen molar-refractivity contribution in [1.82, 2.24) is 10.2 Å². The molecule has 0 bridgehead atoms. The Balaban J connectivity index is 2.79. The van der Waals surface area contributed by atoms with Crippen molar-refractivity contribution >= 4 is 22.4 Å². The first-order valence-corrected chi connectivity index (χ1v) is 4.22. The van der Waals surface area contributed by atoms with Gasteiger partial charge in [0.2, 0.25) is 10.1 Å². The molecule has 16 heavy (non-hydrogen) atoms. The summed E-state index contributed by atoms with van der Waals surface area (Å²) in [6.07, 6.45) is -11.6. The number of alkyl halides is 5. The number of nitrogens with two attached hydrogens (primary N) is 1. The van der Waals surface area contributed by atoms with Gasteiger partial charge >= 0.3 is 18.3 Å². The minimum atomic E-state index is -5.99. The van der Waals surface area contributed by atoms with Crippen molar-refractivity contribution < 1.29 is 31.5 Å². The fraction of sp³-hybridized carbons (Fsp3) is 0.400. The number of nitrogen functional groups attached to an aromatic ring is 1. The summed E-state index contributed by atoms with van der Waals surface area (Å²) in [5.41, 5.74) is 4.99. The maximum Gasteiger partial charge on any atom is 0.501 e. The van der Waals surface area contributed by atoms with E-state index in [0.717, 1.165) is 0 Å². The van der Waals surface area contributed by atoms with Crippen LogP contribution in [0.3, 0.4) is 0 Å². The van der Waals surface area contributed by atoms with E-state index < -0.39 is 23.3 Å². The number of anilines is 1. The topological polar surface area (TPSA) is 78.1 Å². The van der Waals surface area contributed by atoms with E-state index in [4.69, 9.17) is 5.73 Å². The fourth-order valence-electron chi connectivity index (χ4n) is 0.535. The van der Waals surface area contributed by atoms with Crippen LogP contribution >= 0.6 is 11.3 Å². The predicted molar refractivity (Wildman–Crippen MR) is 40.7 cm³/mol. The molecule has 90 valence electrons. The Morgan fingerprint density at radius 2 is 1.81 bits per heavy atom. The zero-order chi connectivity index (χ0) is 12.6. The highest BCUT2D eigenvalue weighted by Gasteiger charge is 2.62. The standard InChI is InChI=1S/C5H2F5N3O2S/c6-4(7,8)5(9,10)15-2(14)1-12-13-3(11)16-1/h(H2,11,13). The summed E-state index contributed by atoms with van der Waals surface area (Å²) in [7, 11) is 0. The third-order valence-electron chi connectivity index (χ3n) is 1.17. The summed E-state index contributed by atoms with van der Waals surface area (Å²) in [6, 6.07) is 0. The van der Waals surface area contributed by atoms with Crippen LogP contribution < -0.4 is 5.73 Å². The summed E-state index contributed by atoms with van der Waals surface area (Å²) < 4.78 is 62.3. The molecule has 0 saturated carbocycles. The van der Waals surface area contributed by atoms with E-state index in [-0.39, 0.29) is 5.13 Å². The SMILES string of the molecule is Nc1nnc(C(=O)OC(F)(F)C(F)(F)F)s1. The van der Waals surface area contributed by atoms with E-state index in [1.165, 1.54) is 0 Å². The molecule has 2 N–H and O–H groups in total. The third kappa shape index (κ3) is 2.53. The molecule has 11 heteroatoms. The van der Waals surface area contributed by atoms with Crippen LogP contribution in [0.2, 0.25) is 0 Å². The Morgan fingerprint density at radius 3 is 2.19 bits per heavy atom. The van der Waals surface area contributed by atoms with Crippen LogP contribution in [0.25, 0.3) is 0 Å². The number of esters is 1. The molecule has 0 aliphatic carbocycles. The van der Waals surface area contributed by atoms with Crippen molar-refractivity contribution in [3.05, 3.63) is 5.01 Å². The molecule has 1 heterocycles. The summed E-state index contributed by atoms with van der Waals surface area (Å²) in [4.78, 5) is 10.8. The highest BCUT2D eigenvalue weighted by atomic mass is 32.1. The van der Waals surface area contributed by atoms with Crippen LogP contribution in [-0.2, 0) is 4.74 Å². The molecule has 1 rings (SSSR count). The second-order valence-corrected chi connectivity index (χ2v) is 3.36. The molecule has 0 saturated heterocycles. The summed E-state index contributed by atoms with van der Waals surface area (Å²) in [5, 5.41) is 4.95. The van der Waals surface area contributed by atoms with E-state index in [0.29, 0.717) is 11.3 Å². The van der Waals surface area contributed by atoms with Crippen LogP contribution in [0, 0.1) is 0 Å². The van der Waals surface area contributed by atoms with Crippen molar-refractivity contribution in [1.29, 1.82) is 0 Å². The largest absolute Gasteiger partial charge is 0.501 e. The first-order valence-electron chi connectivity index (χ1n) is 3.40. The average molecular weight is 263 g/mol. The Morgan fingerprint density at radius 1 is 1.25 bits per heavy atom. The lowest BCUT2D eigenvalue weighted by Crippen LogP contribution is -2.40. The lowest BCUT2D eigenvalue weighted by molar-refractivity contribution is -0.370. The number of hydrogen-bond acceptors (Lipinski definition) is 6. The maximum absolute atomic E-state index is 12.2. The van der Waals surface area contributed by atoms with Crippen molar-refractivity contribution in [2.75, 3.05) is 5.73 Å². The average Bonchev–Trinajstić information content (AvgIpc) is 2.48. The van der Waals surface area contributed by atoms with Gasteiger partial charge in [0.05, 0.1) is 0 Å². The van der Waals surface area contributed by atoms with E-state index in [9.17, 15) is 26.7 Å². The van der Waals surface area contributed by atoms with Gasteiger partial charge in [-0.25, -0.2) is 4.79 Å². The number of hydrogen-bond donors (Lipinski definition) is 1. The van der Waals surface area contributed by atoms with Crippen molar-refractivity contribution in [3.63, 3.8) is 0 Å². The van der Waals surface area contributed by atoms with Crippen LogP contribution in [0.4, 0.5) is 27.1 Å². The molecule has 0 amide bonds. The highest BCUT2D eigenvalue weighted by molar-refractivity contribution is 7.16. The number of ether oxygens (including phenoxy) is 1. The lowest BCUT2D eigenvalue weighted by Gasteiger charge is -2.17. The highest BCUT2D eigenvalue weighted by Crippen LogP contribution is 2.37. The van der Waals surface area contributed by atoms with Gasteiger partial charge in [-0.2, -0.15) is 22.0 Å². The molecule has 0 aromatic carbocycles. The van der Waals surface area contributed by atoms with Gasteiger partial charge in [-0.3, -0.25) is 0 Å². The van der Waals surface area contributed by atoms with Crippen LogP contribution in [0.5, 0.6) is 0 Å². The van der Waals surface area contributed by atoms with E-state index in [2.05, 4.69) is 14.9 Å². The zero-order valence-corrected chi connectivity index (χ0v) is 7.90. The van der Waals surface area contributed by atoms with Gasteiger partial charge in [0.1, 0.15) is 0 Å². The molecule has 0 fully saturated rings. The van der Waals surface area contributed by atoms with Gasteiger partial charge in [0, 0.05) is 0 Å². The van der Waals surface area contributed by atoms with Crippen LogP contribution in [0.1, 0.15) is 9.80 Å². The number of rotatable bonds is 2. The smallest absolute Gasteiger partial charge is 0.388 e. The molecule has 5 nitrogen and oxygen atoms in total. The Kier molecular flexibility index (Phi) is 2.99. The second kappa shape index (κ2) is 3.81. The minimum Gasteiger partial charge on any atom is -0.388 e. The van der Waals surface area contributed by atoms with Gasteiger partial charge in [-0.15, -0.1) is 10.2 Å². The second-order valence-electron chi connectivity index (χ2n) is 2.35. The molecule has 0 aliphatic rings. The molecule has 1 aromatic rings. The Labute approximate surface area is 88.0 Å². The molecule has 0 atom stereocenters. The van der Waals surface area contributed by atoms with Gasteiger partial charge in [0.25, 0.3) is 0 Å². The first kappa shape index (κ1) is 12.5. The lowest BCUT2D eigenvalue weighted by atomic mass is 10.6. The van der Waals surface area contributed by atoms with Crippen molar-refractivity contribution in [2.45, 2.75) is 12.3 Å². The van der Waals surface area contributed by atoms with Crippen molar-refractivity contribution in [2.24, 2.45) is 0 Å². The van der Waals surface area contributed by atoms with E-state index in [1.54, 1.807) is 0 Å². The molecule has 0 radical (unpaired) electrons. The van der Waals surface area contributed by atoms with Crippen LogP contribution in [0.15, 0.2) is 0 Å². The van der Waals surface area contributed by atoms with Gasteiger partial charge < -0.3 is 10.5 Å². The molecular formula is C5H2F5N3O2S. The maximum atomic E-state index is 12.2. The normalized spacial score (nSPS) is 12.6. The van der Waals surface area contributed by atoms with Gasteiger partial charge in [-0.1, -0.05) is 11.3 Å². The number of halogens is 5. The summed E-state index contributed by atoms with van der Waals surface area (Å²) in [5.74, 6) is -1.95. The van der Waals surface area contributed by atoms with Gasteiger partial charge in [-0.05, 0) is 0 Å². The predicted octanol–water partition coefficient (Wildman–Crippen LogP) is 1.43. The molecule has 0 unspecified atom stereocenters. The van der Waals surface area contributed by atoms with Crippen LogP contribution in [-0.4, -0.2) is 28.5 Å². The number of carbonyl (C=O) groups is 1. The summed E-state index contributed by atoms with van der Waals surface area (Å²) in [6.45, 7) is 0. The first-order chi connectivity index (χ1) is 7.13. The zero-order valence-electron chi connectivity index (χ0n) is 7.09. The molecular weight excluding hydrogens is 261 g/mol. The number of aromatic nitrogens is 2. The molecule has 0 aliphatic heterocycles. The molecule has 1 aromatic heterocycles. The fourth-order valence-corrected chi connectivity index (χ4v) is 1.02. The van der Waals surface area contributed by atoms with Crippen molar-refractivity contribution in [3.8, 4) is 0 Å². The number of nitrogens with zero attached hydrogens (tertiary/aromatic N) is 2. The summed E-state index contributed by atoms with van der Waals surface area (Å²) >= 11 is 0.327. The minimum absolute atomic E-state index is 0.262. The number of carbonyl (C=O) groups excluding carboxylic acids is 1. The third-order valence-corrected chi connectivity index (χ3v) is 1.90. The molecule has 0 spiro atoms. The Bertz CT molecular complexity index is 403. The Hall–Kier alpha value is -1.52.